The molecule has 17 heteroatoms. The first-order valence-corrected chi connectivity index (χ1v) is 23.1. The molecule has 4 fully saturated rings. The van der Waals surface area contributed by atoms with Gasteiger partial charge < -0.3 is 41.3 Å². The summed E-state index contributed by atoms with van der Waals surface area (Å²) in [6.07, 6.45) is 9.79. The number of nitrogens with one attached hydrogen (secondary N) is 2. The fourth-order valence-electron chi connectivity index (χ4n) is 10.4. The number of hydrogen-bond donors (Lipinski definition) is 5. The Kier molecular flexibility index (Phi) is 12.4. The summed E-state index contributed by atoms with van der Waals surface area (Å²) in [4.78, 5) is 57.6. The van der Waals surface area contributed by atoms with Gasteiger partial charge in [-0.25, -0.2) is 9.97 Å². The summed E-state index contributed by atoms with van der Waals surface area (Å²) in [5.74, 6) is 0.267. The molecule has 1 aliphatic carbocycles. The van der Waals surface area contributed by atoms with E-state index in [0.717, 1.165) is 66.8 Å². The monoisotopic (exact) mass is 896 g/mol. The first-order chi connectivity index (χ1) is 31.7. The average Bonchev–Trinajstić information content (AvgIpc) is 4.01. The van der Waals surface area contributed by atoms with Gasteiger partial charge in [0.25, 0.3) is 0 Å². The molecular formula is C49H60N12O5. The highest BCUT2D eigenvalue weighted by Gasteiger charge is 2.46. The summed E-state index contributed by atoms with van der Waals surface area (Å²) in [6, 6.07) is 17.4. The molecule has 3 aromatic heterocycles. The Hall–Kier alpha value is -6.62. The number of amides is 3. The zero-order valence-electron chi connectivity index (χ0n) is 38.0. The number of benzene rings is 2. The van der Waals surface area contributed by atoms with Gasteiger partial charge in [-0.15, -0.1) is 10.2 Å². The van der Waals surface area contributed by atoms with Crippen LogP contribution in [0.2, 0.25) is 0 Å². The average molecular weight is 897 g/mol. The Bertz CT molecular complexity index is 2540. The van der Waals surface area contributed by atoms with E-state index in [2.05, 4.69) is 35.7 Å². The first-order valence-electron chi connectivity index (χ1n) is 23.1. The van der Waals surface area contributed by atoms with Crippen LogP contribution in [-0.4, -0.2) is 113 Å². The van der Waals surface area contributed by atoms with E-state index in [1.54, 1.807) is 23.0 Å². The van der Waals surface area contributed by atoms with Crippen molar-refractivity contribution < 1.29 is 24.6 Å². The van der Waals surface area contributed by atoms with Gasteiger partial charge in [0, 0.05) is 81.8 Å². The van der Waals surface area contributed by atoms with Crippen molar-refractivity contribution in [2.45, 2.75) is 108 Å². The number of aryl methyl sites for hydroxylation is 1. The minimum Gasteiger partial charge on any atom is -0.507 e. The van der Waals surface area contributed by atoms with Gasteiger partial charge in [-0.3, -0.25) is 19.1 Å². The summed E-state index contributed by atoms with van der Waals surface area (Å²) in [5, 5.41) is 39.9. The Morgan fingerprint density at radius 3 is 2.23 bits per heavy atom. The smallest absolute Gasteiger partial charge is 0.246 e. The molecule has 2 aromatic carbocycles. The summed E-state index contributed by atoms with van der Waals surface area (Å²) in [6.45, 7) is 7.45. The molecule has 17 nitrogen and oxygen atoms in total. The van der Waals surface area contributed by atoms with Crippen molar-refractivity contribution in [1.29, 1.82) is 0 Å². The number of aromatic nitrogens is 6. The number of rotatable bonds is 11. The van der Waals surface area contributed by atoms with Crippen molar-refractivity contribution in [2.75, 3.05) is 35.2 Å². The second-order valence-electron chi connectivity index (χ2n) is 19.5. The topological polar surface area (TPSA) is 221 Å². The molecular weight excluding hydrogens is 837 g/mol. The van der Waals surface area contributed by atoms with Crippen molar-refractivity contribution in [3.05, 3.63) is 90.4 Å². The Balaban J connectivity index is 0.781. The van der Waals surface area contributed by atoms with E-state index < -0.39 is 23.6 Å². The van der Waals surface area contributed by atoms with Gasteiger partial charge in [-0.2, -0.15) is 5.10 Å². The van der Waals surface area contributed by atoms with Crippen molar-refractivity contribution in [1.82, 2.24) is 45.5 Å². The standard InChI is InChI=1S/C49H60N12O5/c1-49(2,3)43(47(66)60-28-36(62)21-41(60)46(65)51-23-29-9-11-31(12-10-29)39-19-20-54-58(39)4)55-45(64)32-15-13-30(14-16-32)33-24-52-48(53-25-33)61-34-17-18-35(61)27-59(26-34)40-22-38(56-57-44(40)50)37-7-5-6-8-42(37)63/h5-12,19-20,22,24-25,30,32,34-36,41,43,62-63H,13-18,21,23,26-28H2,1-4H3,(H2,50,57)(H,51,65)(H,55,64)/t30-,32-,34?,35?,36-,41+,43-/m1/s1. The predicted octanol–water partition coefficient (Wildman–Crippen LogP) is 4.56. The van der Waals surface area contributed by atoms with Crippen LogP contribution in [0.3, 0.4) is 0 Å². The highest BCUT2D eigenvalue weighted by atomic mass is 16.3. The molecule has 2 unspecified atom stereocenters. The highest BCUT2D eigenvalue weighted by Crippen LogP contribution is 2.40. The molecule has 6 heterocycles. The summed E-state index contributed by atoms with van der Waals surface area (Å²) in [5.41, 5.74) is 11.6. The van der Waals surface area contributed by atoms with E-state index >= 15 is 0 Å². The van der Waals surface area contributed by atoms with E-state index in [-0.39, 0.29) is 66.9 Å². The third kappa shape index (κ3) is 9.13. The number of fused-ring (bicyclic) bond motifs is 2. The number of aliphatic hydroxyl groups excluding tert-OH is 1. The summed E-state index contributed by atoms with van der Waals surface area (Å²) < 4.78 is 1.80. The summed E-state index contributed by atoms with van der Waals surface area (Å²) >= 11 is 0. The van der Waals surface area contributed by atoms with Crippen molar-refractivity contribution in [2.24, 2.45) is 18.4 Å². The van der Waals surface area contributed by atoms with Gasteiger partial charge in [-0.05, 0) is 90.8 Å². The number of carbonyl (C=O) groups excluding carboxylic acids is 3. The molecule has 1 saturated carbocycles. The molecule has 3 saturated heterocycles. The maximum atomic E-state index is 14.3. The highest BCUT2D eigenvalue weighted by molar-refractivity contribution is 5.93. The number of nitrogens with zero attached hydrogens (tertiary/aromatic N) is 9. The van der Waals surface area contributed by atoms with Crippen LogP contribution in [0, 0.1) is 11.3 Å². The van der Waals surface area contributed by atoms with Gasteiger partial charge in [-0.1, -0.05) is 57.2 Å². The molecule has 0 spiro atoms. The van der Waals surface area contributed by atoms with Crippen LogP contribution in [0.4, 0.5) is 17.5 Å². The molecule has 5 aromatic rings. The van der Waals surface area contributed by atoms with Crippen LogP contribution in [0.25, 0.3) is 22.5 Å². The van der Waals surface area contributed by atoms with Crippen molar-refractivity contribution in [3.8, 4) is 28.3 Å². The van der Waals surface area contributed by atoms with Crippen LogP contribution in [0.1, 0.15) is 82.8 Å². The maximum Gasteiger partial charge on any atom is 0.246 e. The fourth-order valence-corrected chi connectivity index (χ4v) is 10.4. The maximum absolute atomic E-state index is 14.3. The first kappa shape index (κ1) is 44.6. The number of hydrogen-bond acceptors (Lipinski definition) is 13. The van der Waals surface area contributed by atoms with Crippen LogP contribution in [-0.2, 0) is 28.0 Å². The van der Waals surface area contributed by atoms with Crippen molar-refractivity contribution in [3.63, 3.8) is 0 Å². The van der Waals surface area contributed by atoms with Gasteiger partial charge in [0.15, 0.2) is 5.82 Å². The van der Waals surface area contributed by atoms with Gasteiger partial charge >= 0.3 is 0 Å². The van der Waals surface area contributed by atoms with E-state index in [9.17, 15) is 24.6 Å². The number of phenols is 1. The third-order valence-corrected chi connectivity index (χ3v) is 14.1. The number of nitrogens with two attached hydrogens (primary N) is 1. The Morgan fingerprint density at radius 2 is 1.58 bits per heavy atom. The van der Waals surface area contributed by atoms with E-state index in [1.807, 2.05) is 88.7 Å². The second-order valence-corrected chi connectivity index (χ2v) is 19.5. The second kappa shape index (κ2) is 18.3. The predicted molar refractivity (Wildman–Crippen MR) is 250 cm³/mol. The summed E-state index contributed by atoms with van der Waals surface area (Å²) in [7, 11) is 1.88. The van der Waals surface area contributed by atoms with Gasteiger partial charge in [0.05, 0.1) is 23.2 Å². The lowest BCUT2D eigenvalue weighted by molar-refractivity contribution is -0.144. The minimum absolute atomic E-state index is 0.0173. The Morgan fingerprint density at radius 1 is 0.879 bits per heavy atom. The lowest BCUT2D eigenvalue weighted by Gasteiger charge is -2.42. The number of aromatic hydroxyl groups is 1. The number of anilines is 3. The zero-order valence-corrected chi connectivity index (χ0v) is 38.0. The normalized spacial score (nSPS) is 23.4. The number of nitrogen functional groups attached to an aromatic ring is 1. The van der Waals surface area contributed by atoms with Crippen LogP contribution in [0.5, 0.6) is 5.75 Å². The number of β-amino-alcohol motifs (C(OH)–C–C–N with tert-alkyl or cyclic N) is 1. The zero-order chi connectivity index (χ0) is 46.3. The molecule has 0 radical (unpaired) electrons. The van der Waals surface area contributed by atoms with Crippen LogP contribution in [0.15, 0.2) is 79.3 Å². The van der Waals surface area contributed by atoms with Gasteiger partial charge in [0.2, 0.25) is 23.7 Å². The van der Waals surface area contributed by atoms with Crippen molar-refractivity contribution >= 4 is 35.2 Å². The molecule has 346 valence electrons. The number of carbonyl (C=O) groups is 3. The third-order valence-electron chi connectivity index (χ3n) is 14.1. The minimum atomic E-state index is -0.888. The number of piperazine rings is 1. The molecule has 4 aliphatic rings. The molecule has 5 atom stereocenters. The molecule has 2 bridgehead atoms. The van der Waals surface area contributed by atoms with E-state index in [1.165, 1.54) is 4.90 Å². The fraction of sp³-hybridized carbons (Fsp3) is 0.469. The Labute approximate surface area is 384 Å². The number of aliphatic hydroxyl groups is 1. The van der Waals surface area contributed by atoms with Crippen LogP contribution < -0.4 is 26.2 Å². The molecule has 6 N–H and O–H groups in total. The number of likely N-dealkylation sites (tertiary alicyclic amines) is 1. The van der Waals surface area contributed by atoms with Gasteiger partial charge in [0.1, 0.15) is 17.8 Å². The van der Waals surface area contributed by atoms with E-state index in [0.29, 0.717) is 35.9 Å². The molecule has 3 amide bonds. The molecule has 9 rings (SSSR count). The quantitative estimate of drug-likeness (QED) is 0.123. The van der Waals surface area contributed by atoms with E-state index in [4.69, 9.17) is 15.7 Å². The molecule has 66 heavy (non-hydrogen) atoms. The largest absolute Gasteiger partial charge is 0.507 e. The lowest BCUT2D eigenvalue weighted by atomic mass is 9.78. The number of phenolic OH excluding ortho intramolecular Hbond substituents is 1. The molecule has 3 aliphatic heterocycles. The lowest BCUT2D eigenvalue weighted by Crippen LogP contribution is -2.58. The SMILES string of the molecule is Cn1nccc1-c1ccc(CNC(=O)[C@@H]2C[C@@H](O)CN2C(=O)[C@@H](NC(=O)[C@H]2CC[C@H](c3cnc(N4C5CCC4CN(c4cc(-c6ccccc6O)nnc4N)C5)nc3)CC2)C(C)(C)C)cc1. The van der Waals surface area contributed by atoms with Crippen LogP contribution >= 0.6 is 0 Å². The number of para-hydroxylation sites is 1.